The SMILES string of the molecule is CN(C)CCNC(=O)Nc1nc2ccc(OS(=O)(=O)c3ccc(NCCN(C)C)cc3)cc2[nH]1. The third-order valence-corrected chi connectivity index (χ3v) is 6.03. The van der Waals surface area contributed by atoms with Crippen molar-refractivity contribution in [1.82, 2.24) is 25.1 Å². The number of carbonyl (C=O) groups is 1. The molecule has 0 spiro atoms. The summed E-state index contributed by atoms with van der Waals surface area (Å²) in [7, 11) is 3.78. The second kappa shape index (κ2) is 11.2. The molecule has 34 heavy (non-hydrogen) atoms. The van der Waals surface area contributed by atoms with E-state index in [1.165, 1.54) is 24.3 Å². The molecule has 3 aromatic rings. The lowest BCUT2D eigenvalue weighted by atomic mass is 10.3. The summed E-state index contributed by atoms with van der Waals surface area (Å²) >= 11 is 0. The second-order valence-electron chi connectivity index (χ2n) is 8.24. The lowest BCUT2D eigenvalue weighted by Gasteiger charge is -2.12. The van der Waals surface area contributed by atoms with E-state index in [9.17, 15) is 13.2 Å². The molecular weight excluding hydrogens is 458 g/mol. The summed E-state index contributed by atoms with van der Waals surface area (Å²) in [4.78, 5) is 23.3. The predicted molar refractivity (Wildman–Crippen MR) is 133 cm³/mol. The highest BCUT2D eigenvalue weighted by Gasteiger charge is 2.17. The fraction of sp³-hybridized carbons (Fsp3) is 0.364. The predicted octanol–water partition coefficient (Wildman–Crippen LogP) is 1.99. The van der Waals surface area contributed by atoms with Crippen LogP contribution in [0.2, 0.25) is 0 Å². The molecule has 2 aromatic carbocycles. The van der Waals surface area contributed by atoms with Gasteiger partial charge in [0.05, 0.1) is 11.0 Å². The Morgan fingerprint density at radius 3 is 2.35 bits per heavy atom. The molecular formula is C22H31N7O4S. The Balaban J connectivity index is 1.63. The zero-order chi connectivity index (χ0) is 24.7. The minimum absolute atomic E-state index is 0.0483. The topological polar surface area (TPSA) is 132 Å². The molecule has 1 heterocycles. The summed E-state index contributed by atoms with van der Waals surface area (Å²) < 4.78 is 30.7. The van der Waals surface area contributed by atoms with Crippen molar-refractivity contribution in [3.8, 4) is 5.75 Å². The maximum absolute atomic E-state index is 12.7. The number of aromatic nitrogens is 2. The first-order valence-electron chi connectivity index (χ1n) is 10.7. The molecule has 0 saturated carbocycles. The Hall–Kier alpha value is -3.35. The fourth-order valence-electron chi connectivity index (χ4n) is 2.98. The molecule has 4 N–H and O–H groups in total. The van der Waals surface area contributed by atoms with E-state index in [0.717, 1.165) is 18.8 Å². The number of urea groups is 1. The smallest absolute Gasteiger partial charge is 0.339 e. The van der Waals surface area contributed by atoms with Crippen LogP contribution in [0.25, 0.3) is 11.0 Å². The van der Waals surface area contributed by atoms with E-state index in [4.69, 9.17) is 4.18 Å². The number of aromatic amines is 1. The van der Waals surface area contributed by atoms with Gasteiger partial charge in [-0.15, -0.1) is 0 Å². The molecule has 2 amide bonds. The van der Waals surface area contributed by atoms with Crippen molar-refractivity contribution in [1.29, 1.82) is 0 Å². The highest BCUT2D eigenvalue weighted by molar-refractivity contribution is 7.87. The van der Waals surface area contributed by atoms with Gasteiger partial charge >= 0.3 is 16.1 Å². The standard InChI is InChI=1S/C22H31N7O4S/c1-28(2)13-11-23-16-5-8-18(9-6-16)34(31,32)33-17-7-10-19-20(15-17)26-21(25-19)27-22(30)24-12-14-29(3)4/h5-10,15,23H,11-14H2,1-4H3,(H3,24,25,26,27,30). The van der Waals surface area contributed by atoms with Crippen molar-refractivity contribution in [2.24, 2.45) is 0 Å². The van der Waals surface area contributed by atoms with Crippen LogP contribution >= 0.6 is 0 Å². The zero-order valence-electron chi connectivity index (χ0n) is 19.8. The molecule has 184 valence electrons. The lowest BCUT2D eigenvalue weighted by molar-refractivity contribution is 0.250. The van der Waals surface area contributed by atoms with E-state index in [1.54, 1.807) is 18.2 Å². The molecule has 0 aliphatic rings. The van der Waals surface area contributed by atoms with Crippen LogP contribution in [0.5, 0.6) is 5.75 Å². The van der Waals surface area contributed by atoms with Crippen LogP contribution in [0.3, 0.4) is 0 Å². The first-order chi connectivity index (χ1) is 16.1. The number of hydrogen-bond donors (Lipinski definition) is 4. The van der Waals surface area contributed by atoms with Crippen LogP contribution in [0.4, 0.5) is 16.4 Å². The molecule has 1 aromatic heterocycles. The Labute approximate surface area is 199 Å². The number of benzene rings is 2. The third kappa shape index (κ3) is 7.33. The van der Waals surface area contributed by atoms with Crippen molar-refractivity contribution in [3.05, 3.63) is 42.5 Å². The Morgan fingerprint density at radius 2 is 1.68 bits per heavy atom. The number of likely N-dealkylation sites (N-methyl/N-ethyl adjacent to an activating group) is 2. The van der Waals surface area contributed by atoms with Crippen molar-refractivity contribution in [2.75, 3.05) is 65.0 Å². The number of amides is 2. The molecule has 0 saturated heterocycles. The molecule has 12 heteroatoms. The highest BCUT2D eigenvalue weighted by Crippen LogP contribution is 2.24. The van der Waals surface area contributed by atoms with Gasteiger partial charge in [0.2, 0.25) is 5.95 Å². The first-order valence-corrected chi connectivity index (χ1v) is 12.2. The van der Waals surface area contributed by atoms with Crippen molar-refractivity contribution in [3.63, 3.8) is 0 Å². The lowest BCUT2D eigenvalue weighted by Crippen LogP contribution is -2.34. The average molecular weight is 490 g/mol. The number of imidazole rings is 1. The Bertz CT molecular complexity index is 1210. The third-order valence-electron chi connectivity index (χ3n) is 4.77. The van der Waals surface area contributed by atoms with Crippen LogP contribution in [-0.4, -0.2) is 88.6 Å². The molecule has 0 atom stereocenters. The minimum Gasteiger partial charge on any atom is -0.384 e. The summed E-state index contributed by atoms with van der Waals surface area (Å²) in [5, 5.41) is 8.58. The number of anilines is 2. The molecule has 3 rings (SSSR count). The fourth-order valence-corrected chi connectivity index (χ4v) is 3.91. The van der Waals surface area contributed by atoms with E-state index in [2.05, 4.69) is 30.8 Å². The van der Waals surface area contributed by atoms with Gasteiger partial charge < -0.3 is 29.6 Å². The number of rotatable bonds is 11. The first kappa shape index (κ1) is 25.3. The van der Waals surface area contributed by atoms with E-state index >= 15 is 0 Å². The molecule has 0 aliphatic heterocycles. The van der Waals surface area contributed by atoms with Gasteiger partial charge in [0, 0.05) is 37.9 Å². The largest absolute Gasteiger partial charge is 0.384 e. The van der Waals surface area contributed by atoms with Gasteiger partial charge in [-0.2, -0.15) is 8.42 Å². The van der Waals surface area contributed by atoms with Crippen molar-refractivity contribution < 1.29 is 17.4 Å². The van der Waals surface area contributed by atoms with Gasteiger partial charge in [-0.25, -0.2) is 9.78 Å². The second-order valence-corrected chi connectivity index (χ2v) is 9.79. The van der Waals surface area contributed by atoms with Gasteiger partial charge in [0.25, 0.3) is 0 Å². The van der Waals surface area contributed by atoms with Crippen LogP contribution in [-0.2, 0) is 10.1 Å². The number of nitrogens with one attached hydrogen (secondary N) is 4. The molecule has 0 aliphatic carbocycles. The number of fused-ring (bicyclic) bond motifs is 1. The summed E-state index contributed by atoms with van der Waals surface area (Å²) in [5.74, 6) is 0.376. The number of nitrogens with zero attached hydrogens (tertiary/aromatic N) is 3. The number of H-pyrrole nitrogens is 1. The number of carbonyl (C=O) groups excluding carboxylic acids is 1. The van der Waals surface area contributed by atoms with Gasteiger partial charge in [0.15, 0.2) is 0 Å². The molecule has 0 fully saturated rings. The van der Waals surface area contributed by atoms with E-state index in [0.29, 0.717) is 24.1 Å². The normalized spacial score (nSPS) is 11.7. The van der Waals surface area contributed by atoms with E-state index in [1.807, 2.05) is 33.1 Å². The zero-order valence-corrected chi connectivity index (χ0v) is 20.6. The van der Waals surface area contributed by atoms with Gasteiger partial charge in [-0.3, -0.25) is 5.32 Å². The van der Waals surface area contributed by atoms with Gasteiger partial charge in [-0.05, 0) is 64.6 Å². The molecule has 0 unspecified atom stereocenters. The average Bonchev–Trinajstić information content (AvgIpc) is 3.14. The van der Waals surface area contributed by atoms with Gasteiger partial charge in [-0.1, -0.05) is 0 Å². The van der Waals surface area contributed by atoms with Crippen LogP contribution in [0.1, 0.15) is 0 Å². The summed E-state index contributed by atoms with van der Waals surface area (Å²) in [6.07, 6.45) is 0. The summed E-state index contributed by atoms with van der Waals surface area (Å²) in [6.45, 7) is 2.80. The molecule has 0 radical (unpaired) electrons. The van der Waals surface area contributed by atoms with E-state index < -0.39 is 10.1 Å². The minimum atomic E-state index is -4.02. The highest BCUT2D eigenvalue weighted by atomic mass is 32.2. The molecule has 11 nitrogen and oxygen atoms in total. The summed E-state index contributed by atoms with van der Waals surface area (Å²) in [6, 6.07) is 10.7. The monoisotopic (exact) mass is 489 g/mol. The van der Waals surface area contributed by atoms with E-state index in [-0.39, 0.29) is 22.6 Å². The van der Waals surface area contributed by atoms with Crippen LogP contribution < -0.4 is 20.1 Å². The maximum Gasteiger partial charge on any atom is 0.339 e. The van der Waals surface area contributed by atoms with Crippen molar-refractivity contribution in [2.45, 2.75) is 4.90 Å². The van der Waals surface area contributed by atoms with Crippen molar-refractivity contribution >= 4 is 38.8 Å². The Kier molecular flexibility index (Phi) is 8.31. The Morgan fingerprint density at radius 1 is 1.00 bits per heavy atom. The maximum atomic E-state index is 12.7. The van der Waals surface area contributed by atoms with Crippen LogP contribution in [0, 0.1) is 0 Å². The molecule has 0 bridgehead atoms. The van der Waals surface area contributed by atoms with Crippen LogP contribution in [0.15, 0.2) is 47.4 Å². The van der Waals surface area contributed by atoms with Gasteiger partial charge in [0.1, 0.15) is 10.6 Å². The quantitative estimate of drug-likeness (QED) is 0.301. The summed E-state index contributed by atoms with van der Waals surface area (Å²) in [5.41, 5.74) is 1.91. The number of hydrogen-bond acceptors (Lipinski definition) is 8.